The average Bonchev–Trinajstić information content (AvgIpc) is 2.63. The number of phenols is 1. The summed E-state index contributed by atoms with van der Waals surface area (Å²) in [6, 6.07) is 4.66. The van der Waals surface area contributed by atoms with Gasteiger partial charge in [0.2, 0.25) is 5.91 Å². The molecule has 5 rings (SSSR count). The average molecular weight is 444 g/mol. The molecule has 1 aromatic rings. The van der Waals surface area contributed by atoms with Gasteiger partial charge in [-0.05, 0) is 78.7 Å². The summed E-state index contributed by atoms with van der Waals surface area (Å²) >= 11 is 1.74. The maximum absolute atomic E-state index is 12.8. The SMILES string of the molecule is CC(C)(C)c1cc(SCCC(=O)NC2C3CC4CC(C3)CC2C4)cc(C(C)(C)C)c1O. The van der Waals surface area contributed by atoms with E-state index in [2.05, 4.69) is 59.0 Å². The molecular weight excluding hydrogens is 402 g/mol. The van der Waals surface area contributed by atoms with E-state index in [1.807, 2.05) is 0 Å². The molecular formula is C27H41NO2S. The van der Waals surface area contributed by atoms with E-state index in [4.69, 9.17) is 0 Å². The highest BCUT2D eigenvalue weighted by Gasteiger charge is 2.48. The van der Waals surface area contributed by atoms with Crippen LogP contribution in [-0.4, -0.2) is 22.8 Å². The second-order valence-corrected chi connectivity index (χ2v) is 13.7. The predicted molar refractivity (Wildman–Crippen MR) is 130 cm³/mol. The van der Waals surface area contributed by atoms with E-state index >= 15 is 0 Å². The van der Waals surface area contributed by atoms with E-state index in [1.165, 1.54) is 32.1 Å². The van der Waals surface area contributed by atoms with Gasteiger partial charge < -0.3 is 10.4 Å². The highest BCUT2D eigenvalue weighted by atomic mass is 32.2. The van der Waals surface area contributed by atoms with Crippen LogP contribution >= 0.6 is 11.8 Å². The first-order valence-corrected chi connectivity index (χ1v) is 13.2. The Balaban J connectivity index is 1.37. The number of carbonyl (C=O) groups excluding carboxylic acids is 1. The van der Waals surface area contributed by atoms with Gasteiger partial charge in [-0.1, -0.05) is 41.5 Å². The predicted octanol–water partition coefficient (Wildman–Crippen LogP) is 6.41. The largest absolute Gasteiger partial charge is 0.507 e. The first-order chi connectivity index (χ1) is 14.4. The van der Waals surface area contributed by atoms with E-state index < -0.39 is 0 Å². The van der Waals surface area contributed by atoms with Gasteiger partial charge in [0.25, 0.3) is 0 Å². The van der Waals surface area contributed by atoms with Crippen molar-refractivity contribution in [3.63, 3.8) is 0 Å². The molecule has 0 aromatic heterocycles. The number of rotatable bonds is 5. The molecule has 0 saturated heterocycles. The van der Waals surface area contributed by atoms with Crippen molar-refractivity contribution in [2.24, 2.45) is 23.7 Å². The molecule has 4 bridgehead atoms. The summed E-state index contributed by atoms with van der Waals surface area (Å²) in [5, 5.41) is 14.3. The van der Waals surface area contributed by atoms with Crippen LogP contribution in [0.5, 0.6) is 5.75 Å². The molecule has 0 atom stereocenters. The Bertz CT molecular complexity index is 770. The lowest BCUT2D eigenvalue weighted by atomic mass is 9.54. The number of carbonyl (C=O) groups is 1. The number of phenolic OH excluding ortho intramolecular Hbond substituents is 1. The van der Waals surface area contributed by atoms with Crippen LogP contribution in [0.3, 0.4) is 0 Å². The van der Waals surface area contributed by atoms with E-state index in [9.17, 15) is 9.90 Å². The Morgan fingerprint density at radius 3 is 1.87 bits per heavy atom. The summed E-state index contributed by atoms with van der Waals surface area (Å²) in [6.45, 7) is 12.8. The summed E-state index contributed by atoms with van der Waals surface area (Å²) in [4.78, 5) is 13.9. The van der Waals surface area contributed by atoms with Crippen molar-refractivity contribution in [3.05, 3.63) is 23.3 Å². The van der Waals surface area contributed by atoms with E-state index in [0.717, 1.165) is 45.4 Å². The monoisotopic (exact) mass is 443 g/mol. The lowest BCUT2D eigenvalue weighted by Crippen LogP contribution is -2.55. The van der Waals surface area contributed by atoms with E-state index in [0.29, 0.717) is 18.2 Å². The number of nitrogens with one attached hydrogen (secondary N) is 1. The van der Waals surface area contributed by atoms with Gasteiger partial charge in [-0.3, -0.25) is 4.79 Å². The summed E-state index contributed by atoms with van der Waals surface area (Å²) < 4.78 is 0. The molecule has 0 unspecified atom stereocenters. The van der Waals surface area contributed by atoms with E-state index in [1.54, 1.807) is 11.8 Å². The minimum Gasteiger partial charge on any atom is -0.507 e. The maximum Gasteiger partial charge on any atom is 0.221 e. The van der Waals surface area contributed by atoms with Crippen LogP contribution < -0.4 is 5.32 Å². The molecule has 31 heavy (non-hydrogen) atoms. The topological polar surface area (TPSA) is 49.3 Å². The third-order valence-electron chi connectivity index (χ3n) is 7.85. The Kier molecular flexibility index (Phi) is 6.17. The zero-order valence-electron chi connectivity index (χ0n) is 20.3. The van der Waals surface area contributed by atoms with Crippen LogP contribution in [0.25, 0.3) is 0 Å². The van der Waals surface area contributed by atoms with Crippen LogP contribution in [0, 0.1) is 23.7 Å². The molecule has 0 spiro atoms. The van der Waals surface area contributed by atoms with Crippen molar-refractivity contribution < 1.29 is 9.90 Å². The third kappa shape index (κ3) is 4.94. The van der Waals surface area contributed by atoms with Crippen molar-refractivity contribution in [1.29, 1.82) is 0 Å². The maximum atomic E-state index is 12.8. The van der Waals surface area contributed by atoms with Crippen molar-refractivity contribution in [1.82, 2.24) is 5.32 Å². The van der Waals surface area contributed by atoms with Crippen molar-refractivity contribution >= 4 is 17.7 Å². The molecule has 4 aliphatic carbocycles. The summed E-state index contributed by atoms with van der Waals surface area (Å²) in [7, 11) is 0. The Hall–Kier alpha value is -1.16. The highest BCUT2D eigenvalue weighted by Crippen LogP contribution is 2.53. The number of hydrogen-bond acceptors (Lipinski definition) is 3. The molecule has 4 heteroatoms. The Labute approximate surface area is 193 Å². The molecule has 4 saturated carbocycles. The molecule has 2 N–H and O–H groups in total. The quantitative estimate of drug-likeness (QED) is 0.517. The van der Waals surface area contributed by atoms with Crippen molar-refractivity contribution in [3.8, 4) is 5.75 Å². The Morgan fingerprint density at radius 2 is 1.42 bits per heavy atom. The van der Waals surface area contributed by atoms with Crippen molar-refractivity contribution in [2.75, 3.05) is 5.75 Å². The molecule has 4 fully saturated rings. The van der Waals surface area contributed by atoms with Gasteiger partial charge in [0.1, 0.15) is 5.75 Å². The van der Waals surface area contributed by atoms with Gasteiger partial charge in [0, 0.05) is 34.2 Å². The lowest BCUT2D eigenvalue weighted by Gasteiger charge is -2.54. The number of benzene rings is 1. The number of hydrogen-bond donors (Lipinski definition) is 2. The molecule has 1 amide bonds. The van der Waals surface area contributed by atoms with Crippen LogP contribution in [0.15, 0.2) is 17.0 Å². The van der Waals surface area contributed by atoms with Crippen LogP contribution in [0.4, 0.5) is 0 Å². The second-order valence-electron chi connectivity index (χ2n) is 12.5. The third-order valence-corrected chi connectivity index (χ3v) is 8.83. The molecule has 3 nitrogen and oxygen atoms in total. The first kappa shape index (κ1) is 23.0. The zero-order valence-corrected chi connectivity index (χ0v) is 21.1. The number of amides is 1. The van der Waals surface area contributed by atoms with Gasteiger partial charge >= 0.3 is 0 Å². The molecule has 0 radical (unpaired) electrons. The normalized spacial score (nSPS) is 29.9. The van der Waals surface area contributed by atoms with Crippen LogP contribution in [0.2, 0.25) is 0 Å². The fourth-order valence-electron chi connectivity index (χ4n) is 6.52. The van der Waals surface area contributed by atoms with Crippen LogP contribution in [0.1, 0.15) is 91.2 Å². The number of aromatic hydroxyl groups is 1. The van der Waals surface area contributed by atoms with Gasteiger partial charge in [-0.15, -0.1) is 11.8 Å². The second kappa shape index (κ2) is 8.32. The standard InChI is InChI=1S/C27H41NO2S/c1-26(2,3)21-14-20(15-22(25(21)30)27(4,5)6)31-8-7-23(29)28-24-18-10-16-9-17(12-18)13-19(24)11-16/h14-19,24,30H,7-13H2,1-6H3,(H,28,29). The lowest BCUT2D eigenvalue weighted by molar-refractivity contribution is -0.124. The summed E-state index contributed by atoms with van der Waals surface area (Å²) in [6.07, 6.45) is 7.36. The highest BCUT2D eigenvalue weighted by molar-refractivity contribution is 7.99. The van der Waals surface area contributed by atoms with Gasteiger partial charge in [-0.25, -0.2) is 0 Å². The van der Waals surface area contributed by atoms with Gasteiger partial charge in [-0.2, -0.15) is 0 Å². The number of thioether (sulfide) groups is 1. The molecule has 172 valence electrons. The Morgan fingerprint density at radius 1 is 0.935 bits per heavy atom. The minimum absolute atomic E-state index is 0.127. The molecule has 4 aliphatic rings. The first-order valence-electron chi connectivity index (χ1n) is 12.2. The van der Waals surface area contributed by atoms with Crippen molar-refractivity contribution in [2.45, 2.75) is 102 Å². The minimum atomic E-state index is -0.127. The van der Waals surface area contributed by atoms with E-state index in [-0.39, 0.29) is 16.7 Å². The summed E-state index contributed by atoms with van der Waals surface area (Å²) in [5.74, 6) is 4.75. The van der Waals surface area contributed by atoms with Crippen LogP contribution in [-0.2, 0) is 15.6 Å². The fraction of sp³-hybridized carbons (Fsp3) is 0.741. The zero-order chi connectivity index (χ0) is 22.6. The fourth-order valence-corrected chi connectivity index (χ4v) is 7.44. The smallest absolute Gasteiger partial charge is 0.221 e. The molecule has 0 heterocycles. The van der Waals surface area contributed by atoms with Gasteiger partial charge in [0.15, 0.2) is 0 Å². The molecule has 0 aliphatic heterocycles. The molecule has 1 aromatic carbocycles. The van der Waals surface area contributed by atoms with Gasteiger partial charge in [0.05, 0.1) is 0 Å². The summed E-state index contributed by atoms with van der Waals surface area (Å²) in [5.41, 5.74) is 1.72.